The molecule has 0 atom stereocenters. The van der Waals surface area contributed by atoms with Crippen LogP contribution in [0.25, 0.3) is 11.4 Å². The van der Waals surface area contributed by atoms with Crippen LogP contribution in [0.15, 0.2) is 54.7 Å². The standard InChI is InChI=1S/C35H36F3N9O2/c1-3-46-14-16-47(17-15-46)21-24-8-11-26(18-28(24)35(36,37)38)43-34(49)42-25-9-5-22(6-10-25)4-7-23-20-41-33(39)44-31(23)30-19-27-29(45(30)2)12-13-40-32(27)48/h5-6,8-11,18-20H,3,12-17,21H2,1-2H3,(H,40,48)(H2,39,41,44)(H2,42,43,49). The van der Waals surface area contributed by atoms with Gasteiger partial charge in [0.15, 0.2) is 0 Å². The summed E-state index contributed by atoms with van der Waals surface area (Å²) >= 11 is 0. The van der Waals surface area contributed by atoms with Crippen molar-refractivity contribution in [1.82, 2.24) is 29.7 Å². The Hall–Kier alpha value is -5.39. The molecule has 254 valence electrons. The molecule has 49 heavy (non-hydrogen) atoms. The molecule has 2 aliphatic heterocycles. The minimum Gasteiger partial charge on any atom is -0.368 e. The highest BCUT2D eigenvalue weighted by Crippen LogP contribution is 2.35. The SMILES string of the molecule is CCN1CCN(Cc2ccc(NC(=O)Nc3ccc(C#Cc4cnc(N)nc4-c4cc5c(n4C)CCNC5=O)cc3)cc2C(F)(F)F)CC1. The third kappa shape index (κ3) is 7.69. The van der Waals surface area contributed by atoms with Crippen LogP contribution in [0.4, 0.5) is 35.3 Å². The summed E-state index contributed by atoms with van der Waals surface area (Å²) in [5.41, 5.74) is 9.57. The number of alkyl halides is 3. The zero-order valence-electron chi connectivity index (χ0n) is 27.1. The first-order valence-corrected chi connectivity index (χ1v) is 15.9. The number of halogens is 3. The maximum absolute atomic E-state index is 14.0. The van der Waals surface area contributed by atoms with Crippen LogP contribution in [0.2, 0.25) is 0 Å². The number of rotatable bonds is 6. The van der Waals surface area contributed by atoms with E-state index in [1.165, 1.54) is 18.3 Å². The number of nitrogens with two attached hydrogens (primary N) is 1. The van der Waals surface area contributed by atoms with E-state index in [1.54, 1.807) is 30.3 Å². The van der Waals surface area contributed by atoms with E-state index in [-0.39, 0.29) is 29.7 Å². The number of piperazine rings is 1. The molecule has 1 saturated heterocycles. The molecule has 14 heteroatoms. The third-order valence-electron chi connectivity index (χ3n) is 8.76. The van der Waals surface area contributed by atoms with E-state index in [9.17, 15) is 22.8 Å². The van der Waals surface area contributed by atoms with Gasteiger partial charge in [-0.25, -0.2) is 14.8 Å². The summed E-state index contributed by atoms with van der Waals surface area (Å²) in [6.45, 7) is 6.77. The van der Waals surface area contributed by atoms with Crippen LogP contribution in [0, 0.1) is 11.8 Å². The largest absolute Gasteiger partial charge is 0.416 e. The normalized spacial score (nSPS) is 15.2. The molecule has 0 bridgehead atoms. The molecule has 2 aromatic heterocycles. The second kappa shape index (κ2) is 14.0. The second-order valence-corrected chi connectivity index (χ2v) is 11.9. The number of nitrogens with one attached hydrogen (secondary N) is 3. The first kappa shape index (κ1) is 33.5. The van der Waals surface area contributed by atoms with Crippen molar-refractivity contribution in [3.05, 3.63) is 88.2 Å². The summed E-state index contributed by atoms with van der Waals surface area (Å²) in [6.07, 6.45) is -2.35. The number of nitrogen functional groups attached to an aromatic ring is 1. The molecule has 4 heterocycles. The number of fused-ring (bicyclic) bond motifs is 1. The Labute approximate surface area is 281 Å². The Balaban J connectivity index is 1.12. The number of carbonyl (C=O) groups excluding carboxylic acids is 2. The van der Waals surface area contributed by atoms with Gasteiger partial charge in [-0.15, -0.1) is 0 Å². The minimum atomic E-state index is -4.57. The zero-order valence-corrected chi connectivity index (χ0v) is 27.1. The lowest BCUT2D eigenvalue weighted by Crippen LogP contribution is -2.45. The highest BCUT2D eigenvalue weighted by atomic mass is 19.4. The van der Waals surface area contributed by atoms with Gasteiger partial charge in [-0.1, -0.05) is 24.8 Å². The van der Waals surface area contributed by atoms with Crippen LogP contribution in [0.3, 0.4) is 0 Å². The van der Waals surface area contributed by atoms with Crippen molar-refractivity contribution < 1.29 is 22.8 Å². The van der Waals surface area contributed by atoms with Gasteiger partial charge in [0, 0.05) is 81.6 Å². The van der Waals surface area contributed by atoms with Crippen LogP contribution in [-0.4, -0.2) is 75.5 Å². The van der Waals surface area contributed by atoms with E-state index in [4.69, 9.17) is 5.73 Å². The monoisotopic (exact) mass is 671 g/mol. The number of urea groups is 1. The maximum atomic E-state index is 14.0. The van der Waals surface area contributed by atoms with Gasteiger partial charge < -0.3 is 31.2 Å². The summed E-state index contributed by atoms with van der Waals surface area (Å²) in [5, 5.41) is 8.00. The first-order valence-electron chi connectivity index (χ1n) is 15.9. The fraction of sp³-hybridized carbons (Fsp3) is 0.314. The topological polar surface area (TPSA) is 133 Å². The summed E-state index contributed by atoms with van der Waals surface area (Å²) in [4.78, 5) is 37.9. The van der Waals surface area contributed by atoms with Crippen molar-refractivity contribution in [3.63, 3.8) is 0 Å². The van der Waals surface area contributed by atoms with Gasteiger partial charge in [0.05, 0.1) is 22.4 Å². The van der Waals surface area contributed by atoms with Gasteiger partial charge in [0.2, 0.25) is 5.95 Å². The van der Waals surface area contributed by atoms with Gasteiger partial charge in [-0.2, -0.15) is 13.2 Å². The number of aromatic nitrogens is 3. The van der Waals surface area contributed by atoms with Gasteiger partial charge in [0.1, 0.15) is 5.69 Å². The van der Waals surface area contributed by atoms with Crippen molar-refractivity contribution in [1.29, 1.82) is 0 Å². The number of hydrogen-bond donors (Lipinski definition) is 4. The molecule has 0 spiro atoms. The fourth-order valence-corrected chi connectivity index (χ4v) is 6.07. The molecule has 11 nitrogen and oxygen atoms in total. The lowest BCUT2D eigenvalue weighted by atomic mass is 10.0. The predicted octanol–water partition coefficient (Wildman–Crippen LogP) is 4.55. The number of nitrogens with zero attached hydrogens (tertiary/aromatic N) is 5. The fourth-order valence-electron chi connectivity index (χ4n) is 6.07. The molecule has 0 unspecified atom stereocenters. The first-order chi connectivity index (χ1) is 23.5. The number of likely N-dealkylation sites (N-methyl/N-ethyl adjacent to an activating group) is 1. The molecular formula is C35H36F3N9O2. The summed E-state index contributed by atoms with van der Waals surface area (Å²) < 4.78 is 43.9. The Morgan fingerprint density at radius 2 is 1.69 bits per heavy atom. The molecular weight excluding hydrogens is 635 g/mol. The number of amides is 3. The van der Waals surface area contributed by atoms with Crippen molar-refractivity contribution in [2.45, 2.75) is 26.1 Å². The lowest BCUT2D eigenvalue weighted by molar-refractivity contribution is -0.138. The van der Waals surface area contributed by atoms with E-state index < -0.39 is 17.8 Å². The van der Waals surface area contributed by atoms with Crippen molar-refractivity contribution in [2.75, 3.05) is 55.6 Å². The van der Waals surface area contributed by atoms with E-state index in [0.29, 0.717) is 59.8 Å². The average Bonchev–Trinajstić information content (AvgIpc) is 3.42. The molecule has 2 aliphatic rings. The molecule has 0 radical (unpaired) electrons. The van der Waals surface area contributed by atoms with Gasteiger partial charge >= 0.3 is 12.2 Å². The predicted molar refractivity (Wildman–Crippen MR) is 181 cm³/mol. The highest BCUT2D eigenvalue weighted by molar-refractivity contribution is 6.00. The summed E-state index contributed by atoms with van der Waals surface area (Å²) in [6, 6.07) is 11.6. The molecule has 5 N–H and O–H groups in total. The van der Waals surface area contributed by atoms with Gasteiger partial charge in [-0.3, -0.25) is 9.69 Å². The van der Waals surface area contributed by atoms with E-state index in [2.05, 4.69) is 49.6 Å². The number of hydrogen-bond acceptors (Lipinski definition) is 7. The van der Waals surface area contributed by atoms with Gasteiger partial charge in [-0.05, 0) is 54.6 Å². The van der Waals surface area contributed by atoms with Crippen molar-refractivity contribution >= 4 is 29.3 Å². The Bertz CT molecular complexity index is 1940. The number of carbonyl (C=O) groups is 2. The summed E-state index contributed by atoms with van der Waals surface area (Å²) in [5.74, 6) is 6.07. The molecule has 0 saturated carbocycles. The second-order valence-electron chi connectivity index (χ2n) is 11.9. The van der Waals surface area contributed by atoms with Crippen LogP contribution in [0.1, 0.15) is 45.2 Å². The molecule has 2 aromatic carbocycles. The molecule has 0 aliphatic carbocycles. The Morgan fingerprint density at radius 3 is 2.39 bits per heavy atom. The van der Waals surface area contributed by atoms with Crippen LogP contribution in [-0.2, 0) is 26.2 Å². The molecule has 1 fully saturated rings. The minimum absolute atomic E-state index is 0.0353. The maximum Gasteiger partial charge on any atom is 0.416 e. The van der Waals surface area contributed by atoms with Crippen LogP contribution >= 0.6 is 0 Å². The van der Waals surface area contributed by atoms with E-state index in [1.807, 2.05) is 16.5 Å². The molecule has 4 aromatic rings. The molecule has 3 amide bonds. The van der Waals surface area contributed by atoms with Crippen LogP contribution < -0.4 is 21.7 Å². The number of anilines is 3. The highest BCUT2D eigenvalue weighted by Gasteiger charge is 2.34. The smallest absolute Gasteiger partial charge is 0.368 e. The van der Waals surface area contributed by atoms with Crippen molar-refractivity contribution in [2.24, 2.45) is 7.05 Å². The van der Waals surface area contributed by atoms with E-state index >= 15 is 0 Å². The van der Waals surface area contributed by atoms with Crippen molar-refractivity contribution in [3.8, 4) is 23.2 Å². The van der Waals surface area contributed by atoms with E-state index in [0.717, 1.165) is 31.4 Å². The van der Waals surface area contributed by atoms with Gasteiger partial charge in [0.25, 0.3) is 5.91 Å². The van der Waals surface area contributed by atoms with Crippen LogP contribution in [0.5, 0.6) is 0 Å². The zero-order chi connectivity index (χ0) is 34.7. The molecule has 6 rings (SSSR count). The lowest BCUT2D eigenvalue weighted by Gasteiger charge is -2.34. The summed E-state index contributed by atoms with van der Waals surface area (Å²) in [7, 11) is 1.87. The Kier molecular flexibility index (Phi) is 9.57. The Morgan fingerprint density at radius 1 is 1.00 bits per heavy atom. The number of benzene rings is 2. The third-order valence-corrected chi connectivity index (χ3v) is 8.76. The average molecular weight is 672 g/mol. The quantitative estimate of drug-likeness (QED) is 0.221.